The van der Waals surface area contributed by atoms with Crippen molar-refractivity contribution in [3.8, 4) is 0 Å². The van der Waals surface area contributed by atoms with Crippen molar-refractivity contribution in [2.75, 3.05) is 0 Å². The Labute approximate surface area is 105 Å². The highest BCUT2D eigenvalue weighted by atomic mass is 16.2. The zero-order chi connectivity index (χ0) is 13.1. The average Bonchev–Trinajstić information content (AvgIpc) is 2.33. The van der Waals surface area contributed by atoms with Gasteiger partial charge in [-0.15, -0.1) is 0 Å². The van der Waals surface area contributed by atoms with Crippen molar-refractivity contribution in [1.82, 2.24) is 10.6 Å². The van der Waals surface area contributed by atoms with Gasteiger partial charge in [-0.1, -0.05) is 25.2 Å². The van der Waals surface area contributed by atoms with E-state index >= 15 is 0 Å². The molecular formula is C13H16N2O3. The van der Waals surface area contributed by atoms with Crippen LogP contribution in [0.5, 0.6) is 0 Å². The smallest absolute Gasteiger partial charge is 0.251 e. The Balaban J connectivity index is 1.94. The maximum absolute atomic E-state index is 11.9. The number of carbonyl (C=O) groups is 3. The summed E-state index contributed by atoms with van der Waals surface area (Å²) >= 11 is 0. The highest BCUT2D eigenvalue weighted by Gasteiger charge is 2.28. The van der Waals surface area contributed by atoms with Crippen LogP contribution in [0.1, 0.15) is 26.2 Å². The molecule has 2 unspecified atom stereocenters. The molecule has 0 aromatic heterocycles. The molecule has 2 N–H and O–H groups in total. The first-order valence-electron chi connectivity index (χ1n) is 6.09. The SMILES string of the molecule is CC1C=CC(C(=O)NC2CCC(=O)NC2=O)=CC1. The summed E-state index contributed by atoms with van der Waals surface area (Å²) in [7, 11) is 0. The lowest BCUT2D eigenvalue weighted by atomic mass is 9.97. The molecule has 2 atom stereocenters. The first kappa shape index (κ1) is 12.5. The van der Waals surface area contributed by atoms with Crippen LogP contribution >= 0.6 is 0 Å². The number of hydrogen-bond donors (Lipinski definition) is 2. The number of rotatable bonds is 2. The maximum atomic E-state index is 11.9. The van der Waals surface area contributed by atoms with Crippen LogP contribution in [-0.4, -0.2) is 23.8 Å². The van der Waals surface area contributed by atoms with E-state index in [9.17, 15) is 14.4 Å². The first-order chi connectivity index (χ1) is 8.56. The molecule has 0 saturated carbocycles. The van der Waals surface area contributed by atoms with E-state index in [1.165, 1.54) is 0 Å². The van der Waals surface area contributed by atoms with Crippen LogP contribution in [0.3, 0.4) is 0 Å². The van der Waals surface area contributed by atoms with E-state index < -0.39 is 11.9 Å². The Morgan fingerprint density at radius 1 is 1.44 bits per heavy atom. The Bertz CT molecular complexity index is 451. The Kier molecular flexibility index (Phi) is 3.60. The third-order valence-electron chi connectivity index (χ3n) is 3.12. The van der Waals surface area contributed by atoms with Crippen LogP contribution in [-0.2, 0) is 14.4 Å². The number of piperidine rings is 1. The molecule has 96 valence electrons. The molecule has 3 amide bonds. The van der Waals surface area contributed by atoms with Gasteiger partial charge in [-0.3, -0.25) is 19.7 Å². The molecule has 1 heterocycles. The second kappa shape index (κ2) is 5.16. The molecule has 1 saturated heterocycles. The predicted molar refractivity (Wildman–Crippen MR) is 65.3 cm³/mol. The first-order valence-corrected chi connectivity index (χ1v) is 6.09. The molecule has 0 aromatic carbocycles. The average molecular weight is 248 g/mol. The molecule has 1 aliphatic heterocycles. The molecular weight excluding hydrogens is 232 g/mol. The van der Waals surface area contributed by atoms with E-state index in [1.54, 1.807) is 6.08 Å². The van der Waals surface area contributed by atoms with Gasteiger partial charge in [-0.05, 0) is 18.8 Å². The standard InChI is InChI=1S/C13H16N2O3/c1-8-2-4-9(5-3-8)12(17)14-10-6-7-11(16)15-13(10)18/h2,4-5,8,10H,3,6-7H2,1H3,(H,14,17)(H,15,16,18). The second-order valence-electron chi connectivity index (χ2n) is 4.71. The number of carbonyl (C=O) groups excluding carboxylic acids is 3. The number of amides is 3. The van der Waals surface area contributed by atoms with Gasteiger partial charge in [-0.25, -0.2) is 0 Å². The molecule has 1 aliphatic carbocycles. The molecule has 0 radical (unpaired) electrons. The van der Waals surface area contributed by atoms with Crippen molar-refractivity contribution < 1.29 is 14.4 Å². The van der Waals surface area contributed by atoms with Crippen molar-refractivity contribution >= 4 is 17.7 Å². The van der Waals surface area contributed by atoms with Crippen LogP contribution in [0, 0.1) is 5.92 Å². The minimum Gasteiger partial charge on any atom is -0.340 e. The Morgan fingerprint density at radius 2 is 2.22 bits per heavy atom. The minimum absolute atomic E-state index is 0.257. The highest BCUT2D eigenvalue weighted by Crippen LogP contribution is 2.16. The zero-order valence-corrected chi connectivity index (χ0v) is 10.2. The van der Waals surface area contributed by atoms with Crippen molar-refractivity contribution in [2.24, 2.45) is 5.92 Å². The van der Waals surface area contributed by atoms with E-state index in [4.69, 9.17) is 0 Å². The normalized spacial score (nSPS) is 27.5. The molecule has 5 nitrogen and oxygen atoms in total. The molecule has 18 heavy (non-hydrogen) atoms. The summed E-state index contributed by atoms with van der Waals surface area (Å²) in [5, 5.41) is 4.87. The summed E-state index contributed by atoms with van der Waals surface area (Å²) in [5.41, 5.74) is 0.581. The topological polar surface area (TPSA) is 75.3 Å². The van der Waals surface area contributed by atoms with E-state index in [-0.39, 0.29) is 18.2 Å². The lowest BCUT2D eigenvalue weighted by Gasteiger charge is -2.22. The predicted octanol–water partition coefficient (Wildman–Crippen LogP) is 0.430. The molecule has 0 aromatic rings. The molecule has 0 spiro atoms. The third-order valence-corrected chi connectivity index (χ3v) is 3.12. The van der Waals surface area contributed by atoms with Gasteiger partial charge in [0.15, 0.2) is 0 Å². The van der Waals surface area contributed by atoms with E-state index in [1.807, 2.05) is 12.2 Å². The summed E-state index contributed by atoms with van der Waals surface area (Å²) in [4.78, 5) is 34.4. The van der Waals surface area contributed by atoms with Crippen LogP contribution in [0.15, 0.2) is 23.8 Å². The van der Waals surface area contributed by atoms with Crippen LogP contribution in [0.2, 0.25) is 0 Å². The molecule has 1 fully saturated rings. The van der Waals surface area contributed by atoms with E-state index in [2.05, 4.69) is 17.6 Å². The zero-order valence-electron chi connectivity index (χ0n) is 10.2. The van der Waals surface area contributed by atoms with Crippen molar-refractivity contribution in [2.45, 2.75) is 32.2 Å². The molecule has 2 aliphatic rings. The van der Waals surface area contributed by atoms with Crippen molar-refractivity contribution in [1.29, 1.82) is 0 Å². The number of imide groups is 1. The largest absolute Gasteiger partial charge is 0.340 e. The van der Waals surface area contributed by atoms with Gasteiger partial charge in [0.1, 0.15) is 6.04 Å². The summed E-state index contributed by atoms with van der Waals surface area (Å²) in [6.45, 7) is 2.07. The van der Waals surface area contributed by atoms with E-state index in [0.29, 0.717) is 17.9 Å². The van der Waals surface area contributed by atoms with Gasteiger partial charge in [0, 0.05) is 12.0 Å². The Hall–Kier alpha value is -1.91. The van der Waals surface area contributed by atoms with Crippen LogP contribution < -0.4 is 10.6 Å². The van der Waals surface area contributed by atoms with Crippen molar-refractivity contribution in [3.05, 3.63) is 23.8 Å². The van der Waals surface area contributed by atoms with Gasteiger partial charge in [0.25, 0.3) is 5.91 Å². The molecule has 0 bridgehead atoms. The number of nitrogens with one attached hydrogen (secondary N) is 2. The molecule has 5 heteroatoms. The van der Waals surface area contributed by atoms with Crippen LogP contribution in [0.4, 0.5) is 0 Å². The second-order valence-corrected chi connectivity index (χ2v) is 4.71. The highest BCUT2D eigenvalue weighted by molar-refractivity contribution is 6.04. The van der Waals surface area contributed by atoms with Gasteiger partial charge in [0.2, 0.25) is 11.8 Å². The Morgan fingerprint density at radius 3 is 2.83 bits per heavy atom. The lowest BCUT2D eigenvalue weighted by molar-refractivity contribution is -0.136. The summed E-state index contributed by atoms with van der Waals surface area (Å²) in [5.74, 6) is -0.519. The minimum atomic E-state index is -0.608. The third kappa shape index (κ3) is 2.85. The quantitative estimate of drug-likeness (QED) is 0.696. The summed E-state index contributed by atoms with van der Waals surface area (Å²) in [6, 6.07) is -0.608. The summed E-state index contributed by atoms with van der Waals surface area (Å²) in [6.07, 6.45) is 7.07. The van der Waals surface area contributed by atoms with Crippen LogP contribution in [0.25, 0.3) is 0 Å². The van der Waals surface area contributed by atoms with Gasteiger partial charge in [-0.2, -0.15) is 0 Å². The van der Waals surface area contributed by atoms with Gasteiger partial charge in [0.05, 0.1) is 0 Å². The van der Waals surface area contributed by atoms with Gasteiger partial charge < -0.3 is 5.32 Å². The number of hydrogen-bond acceptors (Lipinski definition) is 3. The maximum Gasteiger partial charge on any atom is 0.251 e. The number of allylic oxidation sites excluding steroid dienone is 2. The fourth-order valence-corrected chi connectivity index (χ4v) is 1.97. The fraction of sp³-hybridized carbons (Fsp3) is 0.462. The fourth-order valence-electron chi connectivity index (χ4n) is 1.97. The molecule has 2 rings (SSSR count). The summed E-state index contributed by atoms with van der Waals surface area (Å²) < 4.78 is 0. The monoisotopic (exact) mass is 248 g/mol. The van der Waals surface area contributed by atoms with E-state index in [0.717, 1.165) is 6.42 Å². The lowest BCUT2D eigenvalue weighted by Crippen LogP contribution is -2.52. The van der Waals surface area contributed by atoms with Gasteiger partial charge >= 0.3 is 0 Å². The van der Waals surface area contributed by atoms with Crippen molar-refractivity contribution in [3.63, 3.8) is 0 Å².